The minimum absolute atomic E-state index is 0.0277. The van der Waals surface area contributed by atoms with Gasteiger partial charge in [0.2, 0.25) is 11.7 Å². The number of hydrogen-bond donors (Lipinski definition) is 3. The van der Waals surface area contributed by atoms with Crippen molar-refractivity contribution in [3.05, 3.63) is 36.2 Å². The maximum atomic E-state index is 12.1. The van der Waals surface area contributed by atoms with E-state index in [0.29, 0.717) is 18.3 Å². The molecular formula is C18H24N4O3. The molecule has 1 aromatic carbocycles. The Morgan fingerprint density at radius 2 is 2.04 bits per heavy atom. The smallest absolute Gasteiger partial charge is 0.315 e. The van der Waals surface area contributed by atoms with E-state index in [9.17, 15) is 9.90 Å². The largest absolute Gasteiger partial charge is 0.394 e. The van der Waals surface area contributed by atoms with E-state index >= 15 is 0 Å². The summed E-state index contributed by atoms with van der Waals surface area (Å²) >= 11 is 0. The van der Waals surface area contributed by atoms with Gasteiger partial charge >= 0.3 is 6.03 Å². The first kappa shape index (κ1) is 17.4. The average Bonchev–Trinajstić information content (AvgIpc) is 3.31. The number of carbonyl (C=O) groups is 1. The van der Waals surface area contributed by atoms with Crippen molar-refractivity contribution < 1.29 is 14.4 Å². The highest BCUT2D eigenvalue weighted by atomic mass is 16.5. The number of rotatable bonds is 6. The molecule has 1 aliphatic rings. The Kier molecular flexibility index (Phi) is 5.33. The zero-order valence-electron chi connectivity index (χ0n) is 14.4. The van der Waals surface area contributed by atoms with Crippen LogP contribution in [0.1, 0.15) is 44.4 Å². The standard InChI is InChI=1S/C18H24N4O3/c1-13(11-19-17(24)21-18(12-23)9-5-6-10-18)16-20-15(22-25-16)14-7-3-2-4-8-14/h2-4,7-8,13,23H,5-6,9-12H2,1H3,(H2,19,21,24). The summed E-state index contributed by atoms with van der Waals surface area (Å²) in [5.41, 5.74) is 0.416. The van der Waals surface area contributed by atoms with Crippen molar-refractivity contribution >= 4 is 6.03 Å². The molecule has 0 aliphatic heterocycles. The first-order valence-corrected chi connectivity index (χ1v) is 8.68. The van der Waals surface area contributed by atoms with Crippen molar-refractivity contribution in [2.24, 2.45) is 0 Å². The lowest BCUT2D eigenvalue weighted by Gasteiger charge is -2.28. The van der Waals surface area contributed by atoms with Crippen LogP contribution in [0.3, 0.4) is 0 Å². The van der Waals surface area contributed by atoms with Crippen LogP contribution in [0.15, 0.2) is 34.9 Å². The molecule has 0 spiro atoms. The van der Waals surface area contributed by atoms with E-state index < -0.39 is 5.54 Å². The lowest BCUT2D eigenvalue weighted by atomic mass is 9.99. The van der Waals surface area contributed by atoms with Gasteiger partial charge in [-0.05, 0) is 12.8 Å². The van der Waals surface area contributed by atoms with E-state index in [4.69, 9.17) is 4.52 Å². The summed E-state index contributed by atoms with van der Waals surface area (Å²) in [5.74, 6) is 0.915. The Morgan fingerprint density at radius 1 is 1.32 bits per heavy atom. The van der Waals surface area contributed by atoms with Gasteiger partial charge in [0.25, 0.3) is 0 Å². The zero-order valence-corrected chi connectivity index (χ0v) is 14.4. The molecule has 7 nitrogen and oxygen atoms in total. The lowest BCUT2D eigenvalue weighted by molar-refractivity contribution is 0.162. The molecule has 25 heavy (non-hydrogen) atoms. The number of urea groups is 1. The fraction of sp³-hybridized carbons (Fsp3) is 0.500. The van der Waals surface area contributed by atoms with Crippen LogP contribution in [-0.4, -0.2) is 40.0 Å². The number of nitrogens with one attached hydrogen (secondary N) is 2. The van der Waals surface area contributed by atoms with Gasteiger partial charge in [-0.25, -0.2) is 4.79 Å². The topological polar surface area (TPSA) is 100 Å². The molecule has 1 atom stereocenters. The van der Waals surface area contributed by atoms with Crippen LogP contribution in [0.2, 0.25) is 0 Å². The molecule has 1 saturated carbocycles. The molecule has 2 amide bonds. The third-order valence-electron chi connectivity index (χ3n) is 4.71. The minimum Gasteiger partial charge on any atom is -0.394 e. The van der Waals surface area contributed by atoms with Gasteiger partial charge in [-0.1, -0.05) is 55.3 Å². The molecule has 134 valence electrons. The number of amides is 2. The van der Waals surface area contributed by atoms with Crippen molar-refractivity contribution in [2.75, 3.05) is 13.2 Å². The van der Waals surface area contributed by atoms with Crippen molar-refractivity contribution in [1.82, 2.24) is 20.8 Å². The highest BCUT2D eigenvalue weighted by Gasteiger charge is 2.34. The molecule has 1 heterocycles. The molecule has 1 unspecified atom stereocenters. The average molecular weight is 344 g/mol. The molecule has 0 bridgehead atoms. The molecule has 1 aromatic heterocycles. The van der Waals surface area contributed by atoms with Crippen molar-refractivity contribution in [1.29, 1.82) is 0 Å². The monoisotopic (exact) mass is 344 g/mol. The van der Waals surface area contributed by atoms with E-state index in [1.165, 1.54) is 0 Å². The second-order valence-corrected chi connectivity index (χ2v) is 6.70. The highest BCUT2D eigenvalue weighted by Crippen LogP contribution is 2.29. The SMILES string of the molecule is CC(CNC(=O)NC1(CO)CCCC1)c1nc(-c2ccccc2)no1. The summed E-state index contributed by atoms with van der Waals surface area (Å²) < 4.78 is 5.31. The first-order valence-electron chi connectivity index (χ1n) is 8.68. The third-order valence-corrected chi connectivity index (χ3v) is 4.71. The summed E-state index contributed by atoms with van der Waals surface area (Å²) in [5, 5.41) is 19.3. The molecule has 3 rings (SSSR count). The van der Waals surface area contributed by atoms with Crippen molar-refractivity contribution in [3.8, 4) is 11.4 Å². The van der Waals surface area contributed by atoms with Gasteiger partial charge in [0.1, 0.15) is 0 Å². The second-order valence-electron chi connectivity index (χ2n) is 6.70. The Balaban J connectivity index is 1.53. The van der Waals surface area contributed by atoms with E-state index in [1.54, 1.807) is 0 Å². The fourth-order valence-corrected chi connectivity index (χ4v) is 3.13. The Morgan fingerprint density at radius 3 is 2.72 bits per heavy atom. The van der Waals surface area contributed by atoms with Crippen molar-refractivity contribution in [2.45, 2.75) is 44.1 Å². The number of aromatic nitrogens is 2. The normalized spacial score (nSPS) is 17.2. The van der Waals surface area contributed by atoms with Gasteiger partial charge in [-0.2, -0.15) is 4.98 Å². The molecule has 3 N–H and O–H groups in total. The van der Waals surface area contributed by atoms with Crippen LogP contribution in [0.5, 0.6) is 0 Å². The number of aliphatic hydroxyl groups excluding tert-OH is 1. The van der Waals surface area contributed by atoms with Crippen molar-refractivity contribution in [3.63, 3.8) is 0 Å². The first-order chi connectivity index (χ1) is 12.1. The zero-order chi connectivity index (χ0) is 17.7. The third kappa shape index (κ3) is 4.17. The fourth-order valence-electron chi connectivity index (χ4n) is 3.13. The molecule has 0 radical (unpaired) electrons. The van der Waals surface area contributed by atoms with Crippen LogP contribution < -0.4 is 10.6 Å². The molecule has 0 saturated heterocycles. The molecule has 1 aliphatic carbocycles. The predicted molar refractivity (Wildman–Crippen MR) is 93.0 cm³/mol. The van der Waals surface area contributed by atoms with Gasteiger partial charge in [0.05, 0.1) is 18.1 Å². The highest BCUT2D eigenvalue weighted by molar-refractivity contribution is 5.75. The molecule has 7 heteroatoms. The number of nitrogens with zero attached hydrogens (tertiary/aromatic N) is 2. The van der Waals surface area contributed by atoms with Gasteiger partial charge < -0.3 is 20.3 Å². The minimum atomic E-state index is -0.474. The maximum absolute atomic E-state index is 12.1. The second kappa shape index (κ2) is 7.65. The molecule has 2 aromatic rings. The van der Waals surface area contributed by atoms with Crippen LogP contribution >= 0.6 is 0 Å². The van der Waals surface area contributed by atoms with Gasteiger partial charge in [0, 0.05) is 12.1 Å². The summed E-state index contributed by atoms with van der Waals surface area (Å²) in [6.07, 6.45) is 3.69. The van der Waals surface area contributed by atoms with Crippen LogP contribution in [0.4, 0.5) is 4.79 Å². The summed E-state index contributed by atoms with van der Waals surface area (Å²) in [6.45, 7) is 2.27. The predicted octanol–water partition coefficient (Wildman–Crippen LogP) is 2.44. The van der Waals surface area contributed by atoms with Gasteiger partial charge in [0.15, 0.2) is 0 Å². The Hall–Kier alpha value is -2.41. The van der Waals surface area contributed by atoms with Crippen LogP contribution in [0, 0.1) is 0 Å². The molecule has 1 fully saturated rings. The van der Waals surface area contributed by atoms with E-state index in [1.807, 2.05) is 37.3 Å². The summed E-state index contributed by atoms with van der Waals surface area (Å²) in [4.78, 5) is 16.5. The Labute approximate surface area is 146 Å². The number of benzene rings is 1. The quantitative estimate of drug-likeness (QED) is 0.747. The van der Waals surface area contributed by atoms with Gasteiger partial charge in [-0.15, -0.1) is 0 Å². The lowest BCUT2D eigenvalue weighted by Crippen LogP contribution is -2.53. The van der Waals surface area contributed by atoms with E-state index in [2.05, 4.69) is 20.8 Å². The van der Waals surface area contributed by atoms with Crippen LogP contribution in [0.25, 0.3) is 11.4 Å². The van der Waals surface area contributed by atoms with Gasteiger partial charge in [-0.3, -0.25) is 0 Å². The number of carbonyl (C=O) groups excluding carboxylic acids is 1. The Bertz CT molecular complexity index is 695. The van der Waals surface area contributed by atoms with E-state index in [0.717, 1.165) is 31.2 Å². The molecular weight excluding hydrogens is 320 g/mol. The van der Waals surface area contributed by atoms with E-state index in [-0.39, 0.29) is 18.6 Å². The number of hydrogen-bond acceptors (Lipinski definition) is 5. The summed E-state index contributed by atoms with van der Waals surface area (Å²) in [6, 6.07) is 9.33. The maximum Gasteiger partial charge on any atom is 0.315 e. The summed E-state index contributed by atoms with van der Waals surface area (Å²) in [7, 11) is 0. The van der Waals surface area contributed by atoms with Crippen LogP contribution in [-0.2, 0) is 0 Å². The number of aliphatic hydroxyl groups is 1.